The Kier molecular flexibility index (Phi) is 19.1. The summed E-state index contributed by atoms with van der Waals surface area (Å²) in [6.07, 6.45) is 1.74. The summed E-state index contributed by atoms with van der Waals surface area (Å²) in [6, 6.07) is 77.1. The summed E-state index contributed by atoms with van der Waals surface area (Å²) in [5, 5.41) is 21.4. The van der Waals surface area contributed by atoms with Crippen molar-refractivity contribution in [3.05, 3.63) is 241 Å². The maximum Gasteiger partial charge on any atom is 0.102 e. The van der Waals surface area contributed by atoms with Gasteiger partial charge in [-0.05, 0) is 112 Å². The molecule has 0 saturated heterocycles. The van der Waals surface area contributed by atoms with Crippen molar-refractivity contribution in [1.82, 2.24) is 0 Å². The van der Waals surface area contributed by atoms with E-state index < -0.39 is 15.8 Å². The van der Waals surface area contributed by atoms with Gasteiger partial charge in [0.05, 0.1) is 21.5 Å². The molecular formula is C59H62NNiOP2+. The van der Waals surface area contributed by atoms with Crippen molar-refractivity contribution in [2.45, 2.75) is 65.7 Å². The maximum absolute atomic E-state index is 12.8. The summed E-state index contributed by atoms with van der Waals surface area (Å²) in [5.41, 5.74) is 4.77. The molecule has 8 rings (SSSR count). The molecular weight excluding hydrogens is 859 g/mol. The second kappa shape index (κ2) is 24.6. The van der Waals surface area contributed by atoms with E-state index in [1.807, 2.05) is 18.2 Å². The van der Waals surface area contributed by atoms with Crippen molar-refractivity contribution in [2.24, 2.45) is 4.99 Å². The minimum Gasteiger partial charge on any atom is -0.872 e. The molecule has 0 bridgehead atoms. The van der Waals surface area contributed by atoms with Gasteiger partial charge < -0.3 is 5.11 Å². The maximum atomic E-state index is 12.8. The van der Waals surface area contributed by atoms with Crippen LogP contribution in [0, 0.1) is 0 Å². The van der Waals surface area contributed by atoms with Crippen molar-refractivity contribution in [2.75, 3.05) is 0 Å². The molecule has 0 aliphatic carbocycles. The van der Waals surface area contributed by atoms with E-state index in [1.54, 1.807) is 6.21 Å². The van der Waals surface area contributed by atoms with Crippen LogP contribution in [0.2, 0.25) is 0 Å². The van der Waals surface area contributed by atoms with Crippen LogP contribution < -0.4 is 36.9 Å². The summed E-state index contributed by atoms with van der Waals surface area (Å²) in [7, 11) is -1.75. The molecule has 8 aromatic rings. The number of nitrogens with zero attached hydrogens (tertiary/aromatic N) is 1. The zero-order valence-corrected chi connectivity index (χ0v) is 41.2. The molecule has 0 N–H and O–H groups in total. The Morgan fingerprint density at radius 2 is 0.688 bits per heavy atom. The second-order valence-corrected chi connectivity index (χ2v) is 22.2. The molecule has 0 fully saturated rings. The van der Waals surface area contributed by atoms with Crippen LogP contribution in [0.25, 0.3) is 0 Å². The fourth-order valence-electron chi connectivity index (χ4n) is 7.67. The van der Waals surface area contributed by atoms with Gasteiger partial charge in [0.2, 0.25) is 0 Å². The molecule has 2 nitrogen and oxygen atoms in total. The van der Waals surface area contributed by atoms with Gasteiger partial charge >= 0.3 is 0 Å². The van der Waals surface area contributed by atoms with Crippen molar-refractivity contribution in [1.29, 1.82) is 0 Å². The van der Waals surface area contributed by atoms with Crippen LogP contribution in [-0.4, -0.2) is 6.21 Å². The van der Waals surface area contributed by atoms with E-state index in [-0.39, 0.29) is 27.7 Å². The van der Waals surface area contributed by atoms with Crippen LogP contribution in [0.15, 0.2) is 223 Å². The Morgan fingerprint density at radius 1 is 0.406 bits per heavy atom. The van der Waals surface area contributed by atoms with Crippen molar-refractivity contribution in [3.63, 3.8) is 0 Å². The van der Waals surface area contributed by atoms with Gasteiger partial charge in [-0.3, -0.25) is 4.99 Å². The number of hydrogen-bond acceptors (Lipinski definition) is 2. The summed E-state index contributed by atoms with van der Waals surface area (Å²) in [4.78, 5) is 4.78. The fraction of sp³-hybridized carbons (Fsp3) is 0.169. The Balaban J connectivity index is 0.000000181. The zero-order chi connectivity index (χ0) is 44.6. The number of aliphatic imine (C=N–C) groups is 1. The number of rotatable bonds is 10. The molecule has 0 spiro atoms. The predicted molar refractivity (Wildman–Crippen MR) is 280 cm³/mol. The quantitative estimate of drug-likeness (QED) is 0.0765. The molecule has 0 aliphatic heterocycles. The Bertz CT molecular complexity index is 2260. The molecule has 0 saturated carbocycles. The fourth-order valence-corrected chi connectivity index (χ4v) is 12.8. The SMILES string of the molecule is CC(C)c1cccc(C(C)C)c1N=Cc1cccc(C(C)(C)C)c1[O-].[Ni].c1ccc([PH+](c2ccccc2)c2ccccc2)cc1.c1ccc([PH+](c2ccccc2)c2ccccc2)cc1. The van der Waals surface area contributed by atoms with Gasteiger partial charge in [-0.1, -0.05) is 200 Å². The third kappa shape index (κ3) is 13.6. The Labute approximate surface area is 396 Å². The van der Waals surface area contributed by atoms with Gasteiger partial charge in [0.25, 0.3) is 0 Å². The largest absolute Gasteiger partial charge is 0.872 e. The number of benzene rings is 8. The van der Waals surface area contributed by atoms with E-state index in [2.05, 4.69) is 249 Å². The molecule has 8 aromatic carbocycles. The topological polar surface area (TPSA) is 35.4 Å². The number of hydrogen-bond donors (Lipinski definition) is 0. The van der Waals surface area contributed by atoms with Crippen LogP contribution in [0.1, 0.15) is 82.6 Å². The molecule has 0 radical (unpaired) electrons. The van der Waals surface area contributed by atoms with Gasteiger partial charge in [-0.15, -0.1) is 0 Å². The smallest absolute Gasteiger partial charge is 0.102 e. The average molecular weight is 922 g/mol. The van der Waals surface area contributed by atoms with E-state index in [0.717, 1.165) is 11.3 Å². The summed E-state index contributed by atoms with van der Waals surface area (Å²) < 4.78 is 0. The van der Waals surface area contributed by atoms with Crippen molar-refractivity contribution >= 4 is 59.6 Å². The van der Waals surface area contributed by atoms with Crippen LogP contribution in [-0.2, 0) is 21.9 Å². The minimum absolute atomic E-state index is 0. The first-order valence-corrected chi connectivity index (χ1v) is 25.1. The summed E-state index contributed by atoms with van der Waals surface area (Å²) >= 11 is 0. The number of para-hydroxylation sites is 2. The third-order valence-electron chi connectivity index (χ3n) is 10.9. The molecule has 0 aliphatic rings. The molecule has 64 heavy (non-hydrogen) atoms. The summed E-state index contributed by atoms with van der Waals surface area (Å²) in [5.74, 6) is 0.851. The average Bonchev–Trinajstić information content (AvgIpc) is 3.31. The van der Waals surface area contributed by atoms with Crippen LogP contribution in [0.5, 0.6) is 5.75 Å². The van der Waals surface area contributed by atoms with Crippen LogP contribution >= 0.6 is 15.8 Å². The molecule has 0 heterocycles. The third-order valence-corrected chi connectivity index (χ3v) is 16.4. The van der Waals surface area contributed by atoms with Gasteiger partial charge in [0.1, 0.15) is 31.8 Å². The van der Waals surface area contributed by atoms with E-state index in [1.165, 1.54) is 43.0 Å². The molecule has 0 amide bonds. The first kappa shape index (κ1) is 49.6. The van der Waals surface area contributed by atoms with Gasteiger partial charge in [0, 0.05) is 22.7 Å². The van der Waals surface area contributed by atoms with Crippen LogP contribution in [0.4, 0.5) is 5.69 Å². The Morgan fingerprint density at radius 3 is 0.953 bits per heavy atom. The van der Waals surface area contributed by atoms with Gasteiger partial charge in [-0.25, -0.2) is 0 Å². The monoisotopic (exact) mass is 920 g/mol. The zero-order valence-electron chi connectivity index (χ0n) is 38.2. The van der Waals surface area contributed by atoms with Crippen molar-refractivity contribution < 1.29 is 21.6 Å². The van der Waals surface area contributed by atoms with Crippen LogP contribution in [0.3, 0.4) is 0 Å². The van der Waals surface area contributed by atoms with E-state index in [9.17, 15) is 5.11 Å². The molecule has 0 aromatic heterocycles. The second-order valence-electron chi connectivity index (χ2n) is 17.3. The molecule has 0 atom stereocenters. The van der Waals surface area contributed by atoms with E-state index in [0.29, 0.717) is 17.4 Å². The summed E-state index contributed by atoms with van der Waals surface area (Å²) in [6.45, 7) is 14.9. The molecule has 328 valence electrons. The van der Waals surface area contributed by atoms with Gasteiger partial charge in [0.15, 0.2) is 0 Å². The predicted octanol–water partition coefficient (Wildman–Crippen LogP) is 12.4. The first-order valence-electron chi connectivity index (χ1n) is 22.1. The Hall–Kier alpha value is -5.42. The molecule has 5 heteroatoms. The van der Waals surface area contributed by atoms with E-state index >= 15 is 0 Å². The first-order chi connectivity index (χ1) is 30.5. The standard InChI is InChI=1S/C23H31NO.2C18H15P.Ni/c1-15(2)18-11-9-12-19(16(3)4)21(18)24-14-17-10-8-13-20(22(17)25)23(5,6)7;2*1-4-10-16(11-5-1)19(17-12-6-2-7-13-17)18-14-8-3-9-15-18;/h8-16,25H,1-7H3;2*1-15H;/p+1. The van der Waals surface area contributed by atoms with Gasteiger partial charge in [-0.2, -0.15) is 0 Å². The molecule has 0 unspecified atom stereocenters. The normalized spacial score (nSPS) is 11.2. The minimum atomic E-state index is -0.877. The van der Waals surface area contributed by atoms with E-state index in [4.69, 9.17) is 4.99 Å². The van der Waals surface area contributed by atoms with Crippen molar-refractivity contribution in [3.8, 4) is 5.75 Å².